The lowest BCUT2D eigenvalue weighted by atomic mass is 9.70. The average Bonchev–Trinajstić information content (AvgIpc) is 3.68. The molecule has 248 valence electrons. The molecule has 0 saturated carbocycles. The van der Waals surface area contributed by atoms with E-state index in [1.165, 1.54) is 98.2 Å². The Morgan fingerprint density at radius 1 is 0.302 bits per heavy atom. The molecule has 0 fully saturated rings. The summed E-state index contributed by atoms with van der Waals surface area (Å²) in [4.78, 5) is 10.0. The van der Waals surface area contributed by atoms with Crippen molar-refractivity contribution in [1.29, 1.82) is 0 Å². The Kier molecular flexibility index (Phi) is 6.17. The molecule has 12 rings (SSSR count). The van der Waals surface area contributed by atoms with E-state index in [2.05, 4.69) is 192 Å². The van der Waals surface area contributed by atoms with Crippen LogP contribution in [0.2, 0.25) is 0 Å². The van der Waals surface area contributed by atoms with Crippen molar-refractivity contribution in [3.8, 4) is 22.3 Å². The highest BCUT2D eigenvalue weighted by Crippen LogP contribution is 2.65. The van der Waals surface area contributed by atoms with Crippen molar-refractivity contribution in [1.82, 2.24) is 0 Å². The maximum absolute atomic E-state index is 2.50. The zero-order valence-electron chi connectivity index (χ0n) is 28.5. The van der Waals surface area contributed by atoms with Crippen molar-refractivity contribution in [3.05, 3.63) is 204 Å². The molecule has 2 aliphatic heterocycles. The van der Waals surface area contributed by atoms with Crippen molar-refractivity contribution < 1.29 is 0 Å². The predicted octanol–water partition coefficient (Wildman–Crippen LogP) is 13.9. The summed E-state index contributed by atoms with van der Waals surface area (Å²) < 4.78 is 0. The Balaban J connectivity index is 1.14. The van der Waals surface area contributed by atoms with Gasteiger partial charge < -0.3 is 9.80 Å². The highest BCUT2D eigenvalue weighted by molar-refractivity contribution is 8.00. The van der Waals surface area contributed by atoms with Crippen molar-refractivity contribution in [3.63, 3.8) is 0 Å². The summed E-state index contributed by atoms with van der Waals surface area (Å²) in [5.41, 5.74) is 17.3. The molecule has 0 N–H and O–H groups in total. The van der Waals surface area contributed by atoms with Crippen molar-refractivity contribution in [2.24, 2.45) is 0 Å². The first-order chi connectivity index (χ1) is 26.3. The lowest BCUT2D eigenvalue weighted by molar-refractivity contribution is 0.793. The monoisotopic (exact) mass is 710 g/mol. The molecule has 0 aromatic heterocycles. The summed E-state index contributed by atoms with van der Waals surface area (Å²) in [6.07, 6.45) is 0. The maximum atomic E-state index is 2.50. The fourth-order valence-corrected chi connectivity index (χ4v) is 11.5. The van der Waals surface area contributed by atoms with E-state index in [9.17, 15) is 0 Å². The van der Waals surface area contributed by atoms with Gasteiger partial charge in [-0.15, -0.1) is 0 Å². The number of benzene rings is 8. The van der Waals surface area contributed by atoms with Gasteiger partial charge in [-0.3, -0.25) is 0 Å². The van der Waals surface area contributed by atoms with Gasteiger partial charge in [-0.2, -0.15) is 0 Å². The molecule has 0 atom stereocenters. The topological polar surface area (TPSA) is 6.48 Å². The first-order valence-corrected chi connectivity index (χ1v) is 19.7. The summed E-state index contributed by atoms with van der Waals surface area (Å²) in [7, 11) is 0. The minimum atomic E-state index is -0.489. The summed E-state index contributed by atoms with van der Waals surface area (Å²) in [5, 5.41) is 0. The van der Waals surface area contributed by atoms with Crippen molar-refractivity contribution >= 4 is 57.6 Å². The predicted molar refractivity (Wildman–Crippen MR) is 220 cm³/mol. The molecule has 0 amide bonds. The second kappa shape index (κ2) is 11.0. The van der Waals surface area contributed by atoms with Crippen molar-refractivity contribution in [2.45, 2.75) is 25.0 Å². The minimum absolute atomic E-state index is 0.489. The zero-order valence-corrected chi connectivity index (χ0v) is 30.2. The second-order valence-corrected chi connectivity index (χ2v) is 16.2. The van der Waals surface area contributed by atoms with Crippen LogP contribution >= 0.6 is 23.5 Å². The molecular formula is C49H30N2S2. The Morgan fingerprint density at radius 3 is 1.02 bits per heavy atom. The molecule has 0 radical (unpaired) electrons. The normalized spacial score (nSPS) is 14.7. The van der Waals surface area contributed by atoms with E-state index < -0.39 is 5.41 Å². The van der Waals surface area contributed by atoms with Gasteiger partial charge >= 0.3 is 0 Å². The molecular weight excluding hydrogens is 681 g/mol. The van der Waals surface area contributed by atoms with Crippen LogP contribution in [0.5, 0.6) is 0 Å². The highest BCUT2D eigenvalue weighted by atomic mass is 32.2. The summed E-state index contributed by atoms with van der Waals surface area (Å²) in [6.45, 7) is 0. The molecule has 53 heavy (non-hydrogen) atoms. The van der Waals surface area contributed by atoms with Gasteiger partial charge in [0.25, 0.3) is 0 Å². The van der Waals surface area contributed by atoms with Crippen LogP contribution in [0, 0.1) is 0 Å². The third-order valence-electron chi connectivity index (χ3n) is 11.4. The van der Waals surface area contributed by atoms with Gasteiger partial charge in [-0.05, 0) is 117 Å². The molecule has 0 saturated heterocycles. The molecule has 0 unspecified atom stereocenters. The molecule has 2 heterocycles. The Labute approximate surface area is 317 Å². The number of hydrogen-bond acceptors (Lipinski definition) is 4. The molecule has 4 heteroatoms. The summed E-state index contributed by atoms with van der Waals surface area (Å²) in [5.74, 6) is 0. The van der Waals surface area contributed by atoms with E-state index in [0.717, 1.165) is 0 Å². The average molecular weight is 711 g/mol. The molecule has 8 aromatic carbocycles. The number of hydrogen-bond donors (Lipinski definition) is 0. The number of para-hydroxylation sites is 4. The van der Waals surface area contributed by atoms with E-state index in [4.69, 9.17) is 0 Å². The standard InChI is InChI=1S/C49H30N2S2/c1-3-15-37-33(13-1)34-14-2-4-16-38(34)49(37)39-29-31(50-41-17-5-9-21-45(41)52-46-22-10-6-18-42(46)50)25-27-35(39)36-28-26-32(30-40(36)49)51-43-19-7-11-23-47(43)53-48-24-12-8-20-44(48)51/h1-30H. The SMILES string of the molecule is c1ccc2c(c1)Sc1ccccc1N2c1ccc2c(c1)C1(c3ccccc3-c3ccccc31)c1cc(N3c4ccccc4Sc4ccccc43)ccc1-2. The van der Waals surface area contributed by atoms with E-state index in [1.54, 1.807) is 0 Å². The molecule has 0 bridgehead atoms. The van der Waals surface area contributed by atoms with E-state index in [-0.39, 0.29) is 0 Å². The molecule has 1 spiro atoms. The van der Waals surface area contributed by atoms with Gasteiger partial charge in [0.2, 0.25) is 0 Å². The van der Waals surface area contributed by atoms with Gasteiger partial charge in [0.1, 0.15) is 0 Å². The smallest absolute Gasteiger partial charge is 0.0727 e. The fraction of sp³-hybridized carbons (Fsp3) is 0.0204. The number of nitrogens with zero attached hydrogens (tertiary/aromatic N) is 2. The summed E-state index contributed by atoms with van der Waals surface area (Å²) >= 11 is 3.71. The Morgan fingerprint density at radius 2 is 0.623 bits per heavy atom. The number of anilines is 6. The first-order valence-electron chi connectivity index (χ1n) is 18.1. The number of fused-ring (bicyclic) bond motifs is 14. The van der Waals surface area contributed by atoms with Crippen LogP contribution in [-0.2, 0) is 5.41 Å². The lowest BCUT2D eigenvalue weighted by Gasteiger charge is -2.36. The third kappa shape index (κ3) is 3.97. The van der Waals surface area contributed by atoms with Crippen LogP contribution in [0.1, 0.15) is 22.3 Å². The van der Waals surface area contributed by atoms with Crippen molar-refractivity contribution in [2.75, 3.05) is 9.80 Å². The molecule has 8 aromatic rings. The Hall–Kier alpha value is -5.94. The van der Waals surface area contributed by atoms with E-state index in [0.29, 0.717) is 0 Å². The highest BCUT2D eigenvalue weighted by Gasteiger charge is 2.52. The van der Waals surface area contributed by atoms with E-state index >= 15 is 0 Å². The van der Waals surface area contributed by atoms with Crippen LogP contribution in [0.4, 0.5) is 34.1 Å². The first kappa shape index (κ1) is 29.6. The third-order valence-corrected chi connectivity index (χ3v) is 13.7. The lowest BCUT2D eigenvalue weighted by Crippen LogP contribution is -2.26. The minimum Gasteiger partial charge on any atom is -0.308 e. The molecule has 2 aliphatic carbocycles. The van der Waals surface area contributed by atoms with Gasteiger partial charge in [0.05, 0.1) is 28.2 Å². The molecule has 4 aliphatic rings. The van der Waals surface area contributed by atoms with E-state index in [1.807, 2.05) is 23.5 Å². The van der Waals surface area contributed by atoms with Crippen LogP contribution < -0.4 is 9.80 Å². The zero-order chi connectivity index (χ0) is 34.7. The van der Waals surface area contributed by atoms with Crippen LogP contribution in [0.15, 0.2) is 202 Å². The van der Waals surface area contributed by atoms with Crippen LogP contribution in [-0.4, -0.2) is 0 Å². The fourth-order valence-electron chi connectivity index (χ4n) is 9.36. The largest absolute Gasteiger partial charge is 0.308 e. The second-order valence-electron chi connectivity index (χ2n) is 14.0. The van der Waals surface area contributed by atoms with Crippen LogP contribution in [0.3, 0.4) is 0 Å². The summed E-state index contributed by atoms with van der Waals surface area (Å²) in [6, 6.07) is 67.9. The van der Waals surface area contributed by atoms with Crippen LogP contribution in [0.25, 0.3) is 22.3 Å². The number of rotatable bonds is 2. The maximum Gasteiger partial charge on any atom is 0.0727 e. The van der Waals surface area contributed by atoms with Gasteiger partial charge in [-0.1, -0.05) is 133 Å². The Bertz CT molecular complexity index is 2550. The van der Waals surface area contributed by atoms with Gasteiger partial charge in [0.15, 0.2) is 0 Å². The van der Waals surface area contributed by atoms with Gasteiger partial charge in [-0.25, -0.2) is 0 Å². The molecule has 2 nitrogen and oxygen atoms in total. The quantitative estimate of drug-likeness (QED) is 0.176. The van der Waals surface area contributed by atoms with Gasteiger partial charge in [0, 0.05) is 31.0 Å².